The lowest BCUT2D eigenvalue weighted by Gasteiger charge is -2.40. The molecule has 14 heteroatoms. The number of nitrogens with zero attached hydrogens (tertiary/aromatic N) is 5. The van der Waals surface area contributed by atoms with Gasteiger partial charge in [-0.1, -0.05) is 38.1 Å². The van der Waals surface area contributed by atoms with Crippen LogP contribution in [0.2, 0.25) is 0 Å². The number of nitrogens with one attached hydrogen (secondary N) is 2. The molecule has 4 fully saturated rings. The predicted octanol–water partition coefficient (Wildman–Crippen LogP) is 5.36. The molecule has 1 aromatic heterocycles. The number of ether oxygens (including phenoxy) is 3. The van der Waals surface area contributed by atoms with E-state index in [4.69, 9.17) is 19.2 Å². The number of carbonyl (C=O) groups is 4. The standard InChI is InChI=1S/C46H49N7O7/c1-45(2,27-4-9-31(10-5-27)58-26-59-44-36-16-19-47-40(49-36)39-46(18-21-52(39)44)17-20-51(3)25-46)28-6-11-32(12-7-28)60-33-22-30(23-33)48-29-8-13-34-35(24-29)43(57)53(42(34)56)37-14-15-38(54)50-41(37)55/h4-13,16,19,24,30,33,37,39,44,48H,14-15,17-18,20-23,25-26H2,1-3H3,(H,50,54,55). The highest BCUT2D eigenvalue weighted by Crippen LogP contribution is 2.55. The Balaban J connectivity index is 0.703. The quantitative estimate of drug-likeness (QED) is 0.148. The summed E-state index contributed by atoms with van der Waals surface area (Å²) in [6, 6.07) is 22.8. The van der Waals surface area contributed by atoms with E-state index in [0.717, 1.165) is 90.0 Å². The second-order valence-electron chi connectivity index (χ2n) is 17.8. The average Bonchev–Trinajstić information content (AvgIpc) is 3.87. The van der Waals surface area contributed by atoms with Crippen molar-refractivity contribution >= 4 is 29.3 Å². The first-order chi connectivity index (χ1) is 29.0. The molecule has 14 nitrogen and oxygen atoms in total. The molecule has 4 amide bonds. The Kier molecular flexibility index (Phi) is 9.49. The molecule has 1 saturated carbocycles. The molecule has 6 heterocycles. The topological polar surface area (TPSA) is 156 Å². The zero-order chi connectivity index (χ0) is 41.3. The van der Waals surface area contributed by atoms with Crippen LogP contribution in [-0.2, 0) is 19.7 Å². The fraction of sp³-hybridized carbons (Fsp3) is 0.435. The maximum absolute atomic E-state index is 13.2. The minimum atomic E-state index is -0.988. The summed E-state index contributed by atoms with van der Waals surface area (Å²) in [7, 11) is 2.20. The molecule has 1 aliphatic carbocycles. The van der Waals surface area contributed by atoms with E-state index < -0.39 is 29.7 Å². The summed E-state index contributed by atoms with van der Waals surface area (Å²) in [5.41, 5.74) is 4.35. The van der Waals surface area contributed by atoms with Crippen LogP contribution in [0.5, 0.6) is 11.5 Å². The first kappa shape index (κ1) is 38.5. The monoisotopic (exact) mass is 811 g/mol. The number of piperidine rings is 1. The predicted molar refractivity (Wildman–Crippen MR) is 219 cm³/mol. The molecule has 4 aromatic rings. The van der Waals surface area contributed by atoms with Gasteiger partial charge in [0.15, 0.2) is 13.0 Å². The van der Waals surface area contributed by atoms with Gasteiger partial charge in [-0.05, 0) is 92.5 Å². The molecule has 1 spiro atoms. The maximum atomic E-state index is 13.2. The number of carbonyl (C=O) groups excluding carboxylic acids is 4. The van der Waals surface area contributed by atoms with Gasteiger partial charge in [0.25, 0.3) is 11.8 Å². The van der Waals surface area contributed by atoms with E-state index in [-0.39, 0.29) is 66.0 Å². The smallest absolute Gasteiger partial charge is 0.262 e. The molecular weight excluding hydrogens is 763 g/mol. The molecular formula is C46H49N7O7. The SMILES string of the molecule is CN1CCC2(CCN3C(OCOc4ccc(C(C)(C)c5ccc(OC6CC(Nc7ccc8c(c7)C(=O)N(C7CCC(=O)NC7=O)C8=O)C6)cc5)cc4)c4ccnc(n4)C32)C1. The number of benzene rings is 3. The molecule has 4 unspecified atom stereocenters. The van der Waals surface area contributed by atoms with Crippen LogP contribution in [0.15, 0.2) is 79.0 Å². The van der Waals surface area contributed by atoms with Crippen LogP contribution < -0.4 is 20.1 Å². The number of imide groups is 2. The van der Waals surface area contributed by atoms with E-state index in [1.165, 1.54) is 0 Å². The van der Waals surface area contributed by atoms with Crippen molar-refractivity contribution in [2.75, 3.05) is 38.8 Å². The third kappa shape index (κ3) is 6.70. The summed E-state index contributed by atoms with van der Waals surface area (Å²) >= 11 is 0. The maximum Gasteiger partial charge on any atom is 0.262 e. The van der Waals surface area contributed by atoms with Crippen LogP contribution in [0.1, 0.15) is 108 Å². The van der Waals surface area contributed by atoms with E-state index in [0.29, 0.717) is 0 Å². The summed E-state index contributed by atoms with van der Waals surface area (Å²) in [5.74, 6) is 0.413. The van der Waals surface area contributed by atoms with Crippen LogP contribution >= 0.6 is 0 Å². The minimum absolute atomic E-state index is 0.0396. The van der Waals surface area contributed by atoms with Crippen molar-refractivity contribution in [1.29, 1.82) is 0 Å². The lowest BCUT2D eigenvalue weighted by Crippen LogP contribution is -2.54. The Labute approximate surface area is 348 Å². The third-order valence-electron chi connectivity index (χ3n) is 13.7. The van der Waals surface area contributed by atoms with Crippen LogP contribution in [0.25, 0.3) is 0 Å². The van der Waals surface area contributed by atoms with Crippen LogP contribution in [0.4, 0.5) is 5.69 Å². The molecule has 10 rings (SSSR count). The highest BCUT2D eigenvalue weighted by molar-refractivity contribution is 6.23. The number of amides is 4. The molecule has 0 radical (unpaired) electrons. The van der Waals surface area contributed by atoms with Gasteiger partial charge in [0.2, 0.25) is 11.8 Å². The zero-order valence-electron chi connectivity index (χ0n) is 34.1. The van der Waals surface area contributed by atoms with Crippen molar-refractivity contribution < 1.29 is 33.4 Å². The Hall–Kier alpha value is -5.70. The van der Waals surface area contributed by atoms with Crippen molar-refractivity contribution in [2.45, 2.75) is 88.2 Å². The Morgan fingerprint density at radius 2 is 1.60 bits per heavy atom. The summed E-state index contributed by atoms with van der Waals surface area (Å²) in [6.07, 6.45) is 5.66. The van der Waals surface area contributed by atoms with E-state index in [2.05, 4.69) is 70.6 Å². The lowest BCUT2D eigenvalue weighted by molar-refractivity contribution is -0.136. The van der Waals surface area contributed by atoms with Crippen LogP contribution in [0.3, 0.4) is 0 Å². The Morgan fingerprint density at radius 1 is 0.883 bits per heavy atom. The van der Waals surface area contributed by atoms with Gasteiger partial charge in [0.1, 0.15) is 29.5 Å². The second-order valence-corrected chi connectivity index (χ2v) is 17.8. The van der Waals surface area contributed by atoms with Gasteiger partial charge >= 0.3 is 0 Å². The molecule has 3 aromatic carbocycles. The van der Waals surface area contributed by atoms with Crippen molar-refractivity contribution in [1.82, 2.24) is 30.0 Å². The number of hydrogen-bond donors (Lipinski definition) is 2. The third-order valence-corrected chi connectivity index (χ3v) is 13.7. The van der Waals surface area contributed by atoms with Gasteiger partial charge in [-0.25, -0.2) is 9.97 Å². The van der Waals surface area contributed by atoms with E-state index in [1.807, 2.05) is 36.5 Å². The molecule has 2 bridgehead atoms. The van der Waals surface area contributed by atoms with E-state index >= 15 is 0 Å². The Bertz CT molecular complexity index is 2370. The molecule has 3 saturated heterocycles. The normalized spacial score (nSPS) is 27.4. The van der Waals surface area contributed by atoms with Gasteiger partial charge in [0, 0.05) is 61.1 Å². The second kappa shape index (κ2) is 14.8. The number of hydrogen-bond acceptors (Lipinski definition) is 12. The van der Waals surface area contributed by atoms with Crippen molar-refractivity contribution in [2.24, 2.45) is 5.41 Å². The lowest BCUT2D eigenvalue weighted by atomic mass is 9.78. The molecule has 60 heavy (non-hydrogen) atoms. The fourth-order valence-corrected chi connectivity index (χ4v) is 10.2. The highest BCUT2D eigenvalue weighted by atomic mass is 16.7. The number of anilines is 1. The van der Waals surface area contributed by atoms with E-state index in [9.17, 15) is 19.2 Å². The van der Waals surface area contributed by atoms with Crippen LogP contribution in [0, 0.1) is 5.41 Å². The summed E-state index contributed by atoms with van der Waals surface area (Å²) in [6.45, 7) is 7.64. The minimum Gasteiger partial charge on any atom is -0.490 e. The summed E-state index contributed by atoms with van der Waals surface area (Å²) < 4.78 is 18.9. The molecule has 5 aliphatic heterocycles. The van der Waals surface area contributed by atoms with Gasteiger partial charge in [-0.2, -0.15) is 0 Å². The first-order valence-electron chi connectivity index (χ1n) is 21.0. The highest BCUT2D eigenvalue weighted by Gasteiger charge is 2.56. The number of rotatable bonds is 11. The van der Waals surface area contributed by atoms with Crippen molar-refractivity contribution in [3.05, 3.63) is 113 Å². The van der Waals surface area contributed by atoms with Crippen molar-refractivity contribution in [3.63, 3.8) is 0 Å². The first-order valence-corrected chi connectivity index (χ1v) is 21.0. The molecule has 4 atom stereocenters. The number of likely N-dealkylation sites (tertiary alicyclic amines) is 1. The van der Waals surface area contributed by atoms with Crippen molar-refractivity contribution in [3.8, 4) is 11.5 Å². The van der Waals surface area contributed by atoms with Gasteiger partial charge in [0.05, 0.1) is 22.9 Å². The number of fused-ring (bicyclic) bond motifs is 6. The average molecular weight is 812 g/mol. The van der Waals surface area contributed by atoms with Gasteiger partial charge < -0.3 is 24.4 Å². The molecule has 310 valence electrons. The number of aromatic nitrogens is 2. The molecule has 6 aliphatic rings. The van der Waals surface area contributed by atoms with Gasteiger partial charge in [-0.15, -0.1) is 0 Å². The van der Waals surface area contributed by atoms with Gasteiger partial charge in [-0.3, -0.25) is 34.3 Å². The fourth-order valence-electron chi connectivity index (χ4n) is 10.2. The van der Waals surface area contributed by atoms with E-state index in [1.54, 1.807) is 18.2 Å². The largest absolute Gasteiger partial charge is 0.490 e. The van der Waals surface area contributed by atoms with Crippen LogP contribution in [-0.4, -0.2) is 100.0 Å². The Morgan fingerprint density at radius 3 is 2.32 bits per heavy atom. The summed E-state index contributed by atoms with van der Waals surface area (Å²) in [5, 5.41) is 5.68. The zero-order valence-corrected chi connectivity index (χ0v) is 34.1. The molecule has 2 N–H and O–H groups in total. The summed E-state index contributed by atoms with van der Waals surface area (Å²) in [4.78, 5) is 65.7.